The van der Waals surface area contributed by atoms with Gasteiger partial charge in [0.15, 0.2) is 17.2 Å². The summed E-state index contributed by atoms with van der Waals surface area (Å²) in [4.78, 5) is 13.0. The van der Waals surface area contributed by atoms with Gasteiger partial charge in [-0.1, -0.05) is 11.6 Å². The molecular weight excluding hydrogens is 350 g/mol. The number of ketones is 1. The fourth-order valence-corrected chi connectivity index (χ4v) is 2.79. The molecule has 0 unspecified atom stereocenters. The Balaban J connectivity index is 2.72. The Morgan fingerprint density at radius 3 is 2.16 bits per heavy atom. The Kier molecular flexibility index (Phi) is 5.58. The summed E-state index contributed by atoms with van der Waals surface area (Å²) in [5.74, 6) is 0.465. The van der Waals surface area contributed by atoms with Gasteiger partial charge in [0.25, 0.3) is 11.5 Å². The highest BCUT2D eigenvalue weighted by molar-refractivity contribution is 6.34. The predicted molar refractivity (Wildman–Crippen MR) is 91.2 cm³/mol. The molecule has 0 N–H and O–H groups in total. The Morgan fingerprint density at radius 1 is 1.04 bits per heavy atom. The predicted octanol–water partition coefficient (Wildman–Crippen LogP) is 2.55. The summed E-state index contributed by atoms with van der Waals surface area (Å²) in [5, 5.41) is 12.2. The molecule has 1 aromatic carbocycles. The van der Waals surface area contributed by atoms with Crippen LogP contribution >= 0.6 is 11.6 Å². The molecule has 0 aliphatic heterocycles. The standard InChI is InChI=1S/C17H18ClNO6/c1-9-6-12(23-3)16(24-4)17(25-5)13(9)15(20)14-11(18)7-10(22-2)8-19(14)21/h6-8H,1-5H3. The van der Waals surface area contributed by atoms with Crippen molar-refractivity contribution in [2.75, 3.05) is 28.4 Å². The number of carbonyl (C=O) groups excluding carboxylic acids is 1. The third kappa shape index (κ3) is 3.28. The summed E-state index contributed by atoms with van der Waals surface area (Å²) in [5.41, 5.74) is 0.472. The molecule has 0 atom stereocenters. The van der Waals surface area contributed by atoms with E-state index in [2.05, 4.69) is 0 Å². The number of carbonyl (C=O) groups is 1. The quantitative estimate of drug-likeness (QED) is 0.443. The number of rotatable bonds is 6. The highest BCUT2D eigenvalue weighted by atomic mass is 35.5. The number of aromatic nitrogens is 1. The second kappa shape index (κ2) is 7.48. The van der Waals surface area contributed by atoms with E-state index < -0.39 is 5.78 Å². The molecule has 0 radical (unpaired) electrons. The zero-order valence-electron chi connectivity index (χ0n) is 14.5. The Labute approximate surface area is 150 Å². The van der Waals surface area contributed by atoms with E-state index in [1.807, 2.05) is 0 Å². The third-order valence-corrected chi connectivity index (χ3v) is 3.95. The van der Waals surface area contributed by atoms with Crippen molar-refractivity contribution >= 4 is 17.4 Å². The van der Waals surface area contributed by atoms with Crippen molar-refractivity contribution in [3.05, 3.63) is 45.4 Å². The lowest BCUT2D eigenvalue weighted by Gasteiger charge is -2.17. The summed E-state index contributed by atoms with van der Waals surface area (Å²) in [6, 6.07) is 3.02. The second-order valence-electron chi connectivity index (χ2n) is 5.07. The molecule has 0 amide bonds. The Bertz CT molecular complexity index is 798. The lowest BCUT2D eigenvalue weighted by atomic mass is 9.99. The first-order valence-electron chi connectivity index (χ1n) is 7.20. The maximum absolute atomic E-state index is 13.0. The molecule has 7 nitrogen and oxygen atoms in total. The monoisotopic (exact) mass is 367 g/mol. The van der Waals surface area contributed by atoms with Crippen molar-refractivity contribution in [1.29, 1.82) is 0 Å². The van der Waals surface area contributed by atoms with Gasteiger partial charge in [-0.2, -0.15) is 4.73 Å². The minimum absolute atomic E-state index is 0.0319. The third-order valence-electron chi connectivity index (χ3n) is 3.67. The molecule has 1 aromatic heterocycles. The van der Waals surface area contributed by atoms with Gasteiger partial charge in [-0.15, -0.1) is 0 Å². The van der Waals surface area contributed by atoms with E-state index in [1.165, 1.54) is 34.5 Å². The molecule has 8 heteroatoms. The molecule has 0 aliphatic carbocycles. The van der Waals surface area contributed by atoms with E-state index >= 15 is 0 Å². The molecule has 0 aliphatic rings. The van der Waals surface area contributed by atoms with Crippen LogP contribution in [0.1, 0.15) is 21.6 Å². The molecule has 0 saturated carbocycles. The van der Waals surface area contributed by atoms with E-state index in [0.29, 0.717) is 16.0 Å². The summed E-state index contributed by atoms with van der Waals surface area (Å²) >= 11 is 6.12. The first-order valence-corrected chi connectivity index (χ1v) is 7.58. The summed E-state index contributed by atoms with van der Waals surface area (Å²) in [7, 11) is 5.70. The topological polar surface area (TPSA) is 80.9 Å². The van der Waals surface area contributed by atoms with Gasteiger partial charge in [-0.25, -0.2) is 0 Å². The molecule has 25 heavy (non-hydrogen) atoms. The molecule has 0 saturated heterocycles. The van der Waals surface area contributed by atoms with Gasteiger partial charge >= 0.3 is 0 Å². The smallest absolute Gasteiger partial charge is 0.284 e. The molecule has 2 rings (SSSR count). The van der Waals surface area contributed by atoms with Crippen LogP contribution in [-0.2, 0) is 0 Å². The van der Waals surface area contributed by atoms with Crippen LogP contribution in [0.4, 0.5) is 0 Å². The van der Waals surface area contributed by atoms with Crippen molar-refractivity contribution in [2.45, 2.75) is 6.92 Å². The van der Waals surface area contributed by atoms with Gasteiger partial charge in [0.1, 0.15) is 5.02 Å². The zero-order valence-corrected chi connectivity index (χ0v) is 15.3. The van der Waals surface area contributed by atoms with Gasteiger partial charge in [-0.3, -0.25) is 4.79 Å². The number of methoxy groups -OCH3 is 4. The number of halogens is 1. The molecule has 1 heterocycles. The normalized spacial score (nSPS) is 10.3. The summed E-state index contributed by atoms with van der Waals surface area (Å²) in [6.45, 7) is 1.70. The fraction of sp³-hybridized carbons (Fsp3) is 0.294. The van der Waals surface area contributed by atoms with Crippen molar-refractivity contribution in [1.82, 2.24) is 0 Å². The first-order chi connectivity index (χ1) is 11.9. The summed E-state index contributed by atoms with van der Waals surface area (Å²) in [6.07, 6.45) is 1.13. The van der Waals surface area contributed by atoms with Crippen LogP contribution in [0.3, 0.4) is 0 Å². The number of hydrogen-bond acceptors (Lipinski definition) is 6. The van der Waals surface area contributed by atoms with Crippen molar-refractivity contribution in [3.8, 4) is 23.0 Å². The zero-order chi connectivity index (χ0) is 18.7. The van der Waals surface area contributed by atoms with Crippen molar-refractivity contribution in [2.24, 2.45) is 0 Å². The highest BCUT2D eigenvalue weighted by Gasteiger charge is 2.31. The summed E-state index contributed by atoms with van der Waals surface area (Å²) < 4.78 is 21.2. The van der Waals surface area contributed by atoms with Crippen LogP contribution in [0.15, 0.2) is 18.3 Å². The highest BCUT2D eigenvalue weighted by Crippen LogP contribution is 2.42. The fourth-order valence-electron chi connectivity index (χ4n) is 2.52. The average Bonchev–Trinajstić information content (AvgIpc) is 2.59. The van der Waals surface area contributed by atoms with Crippen LogP contribution < -0.4 is 23.7 Å². The van der Waals surface area contributed by atoms with Crippen LogP contribution in [0.5, 0.6) is 23.0 Å². The number of benzene rings is 1. The average molecular weight is 368 g/mol. The molecular formula is C17H18ClNO6. The number of hydrogen-bond donors (Lipinski definition) is 0. The van der Waals surface area contributed by atoms with Crippen LogP contribution in [-0.4, -0.2) is 34.2 Å². The van der Waals surface area contributed by atoms with E-state index in [0.717, 1.165) is 6.20 Å². The van der Waals surface area contributed by atoms with Gasteiger partial charge in [-0.05, 0) is 18.6 Å². The minimum atomic E-state index is -0.599. The number of aryl methyl sites for hydroxylation is 1. The van der Waals surface area contributed by atoms with Crippen molar-refractivity contribution in [3.63, 3.8) is 0 Å². The van der Waals surface area contributed by atoms with Crippen molar-refractivity contribution < 1.29 is 28.5 Å². The van der Waals surface area contributed by atoms with E-state index in [4.69, 9.17) is 30.5 Å². The molecule has 2 aromatic rings. The Hall–Kier alpha value is -2.67. The number of nitrogens with zero attached hydrogens (tertiary/aromatic N) is 1. The molecule has 0 spiro atoms. The van der Waals surface area contributed by atoms with Gasteiger partial charge in [0, 0.05) is 6.07 Å². The lowest BCUT2D eigenvalue weighted by molar-refractivity contribution is -0.607. The second-order valence-corrected chi connectivity index (χ2v) is 5.48. The van der Waals surface area contributed by atoms with Gasteiger partial charge < -0.3 is 24.2 Å². The molecule has 134 valence electrons. The van der Waals surface area contributed by atoms with E-state index in [-0.39, 0.29) is 33.5 Å². The maximum atomic E-state index is 13.0. The Morgan fingerprint density at radius 2 is 1.68 bits per heavy atom. The number of pyridine rings is 1. The van der Waals surface area contributed by atoms with E-state index in [9.17, 15) is 10.0 Å². The van der Waals surface area contributed by atoms with Gasteiger partial charge in [0.2, 0.25) is 11.9 Å². The molecule has 0 bridgehead atoms. The largest absolute Gasteiger partial charge is 0.618 e. The van der Waals surface area contributed by atoms with Crippen LogP contribution in [0.2, 0.25) is 5.02 Å². The van der Waals surface area contributed by atoms with Gasteiger partial charge in [0.05, 0.1) is 34.0 Å². The first kappa shape index (κ1) is 18.7. The van der Waals surface area contributed by atoms with Crippen LogP contribution in [0.25, 0.3) is 0 Å². The van der Waals surface area contributed by atoms with Crippen LogP contribution in [0, 0.1) is 12.1 Å². The van der Waals surface area contributed by atoms with E-state index in [1.54, 1.807) is 13.0 Å². The SMILES string of the molecule is COc1cc(Cl)c(C(=O)c2c(C)cc(OC)c(OC)c2OC)[n+]([O-])c1. The maximum Gasteiger partial charge on any atom is 0.284 e. The minimum Gasteiger partial charge on any atom is -0.618 e. The molecule has 0 fully saturated rings. The number of ether oxygens (including phenoxy) is 4. The lowest BCUT2D eigenvalue weighted by Crippen LogP contribution is -2.35.